The molecule has 0 heterocycles. The summed E-state index contributed by atoms with van der Waals surface area (Å²) in [7, 11) is 2.25. The van der Waals surface area contributed by atoms with Gasteiger partial charge in [0.05, 0.1) is 7.11 Å². The Hall–Kier alpha value is -2.63. The average molecular weight is 271 g/mol. The monoisotopic (exact) mass is 271 g/mol. The topological polar surface area (TPSA) is 127 Å². The average Bonchev–Trinajstić information content (AvgIpc) is 2.33. The molecular formula is C10H13N3O6. The van der Waals surface area contributed by atoms with E-state index in [4.69, 9.17) is 5.26 Å². The molecule has 0 radical (unpaired) electrons. The van der Waals surface area contributed by atoms with E-state index in [1.54, 1.807) is 5.32 Å². The number of hydrogen-bond acceptors (Lipinski definition) is 8. The summed E-state index contributed by atoms with van der Waals surface area (Å²) in [6, 6.07) is 1.42. The lowest BCUT2D eigenvalue weighted by molar-refractivity contribution is -0.158. The first kappa shape index (κ1) is 16.4. The van der Waals surface area contributed by atoms with E-state index in [9.17, 15) is 14.4 Å². The Balaban J connectivity index is 4.65. The maximum absolute atomic E-state index is 11.3. The molecule has 0 aliphatic rings. The molecule has 1 N–H and O–H groups in total. The smallest absolute Gasteiger partial charge is 0.415 e. The standard InChI is InChI=1S/C10H13N3O6/c1-10(2,8(15)17-3)19-9(16)12-7(14)6(5-11)13-18-4/h1-4H3,(H,12,14,16)/b13-6+. The summed E-state index contributed by atoms with van der Waals surface area (Å²) in [6.45, 7) is 2.55. The van der Waals surface area contributed by atoms with Crippen molar-refractivity contribution >= 4 is 23.7 Å². The molecule has 0 aromatic heterocycles. The van der Waals surface area contributed by atoms with Crippen LogP contribution in [0.2, 0.25) is 0 Å². The van der Waals surface area contributed by atoms with Crippen molar-refractivity contribution in [1.29, 1.82) is 5.26 Å². The number of nitrogens with one attached hydrogen (secondary N) is 1. The van der Waals surface area contributed by atoms with E-state index in [0.717, 1.165) is 14.2 Å². The summed E-state index contributed by atoms with van der Waals surface area (Å²) in [4.78, 5) is 38.2. The fourth-order valence-corrected chi connectivity index (χ4v) is 0.901. The van der Waals surface area contributed by atoms with Crippen LogP contribution in [0, 0.1) is 11.3 Å². The molecule has 0 aromatic rings. The van der Waals surface area contributed by atoms with Gasteiger partial charge in [-0.05, 0) is 13.8 Å². The summed E-state index contributed by atoms with van der Waals surface area (Å²) >= 11 is 0. The van der Waals surface area contributed by atoms with Crippen molar-refractivity contribution < 1.29 is 28.7 Å². The summed E-state index contributed by atoms with van der Waals surface area (Å²) in [5, 5.41) is 13.3. The van der Waals surface area contributed by atoms with Crippen molar-refractivity contribution in [3.63, 3.8) is 0 Å². The van der Waals surface area contributed by atoms with Gasteiger partial charge in [-0.25, -0.2) is 9.59 Å². The molecule has 0 aliphatic carbocycles. The van der Waals surface area contributed by atoms with E-state index in [-0.39, 0.29) is 0 Å². The van der Waals surface area contributed by atoms with Gasteiger partial charge in [-0.1, -0.05) is 5.16 Å². The first-order valence-electron chi connectivity index (χ1n) is 4.92. The molecule has 0 saturated heterocycles. The largest absolute Gasteiger partial charge is 0.466 e. The van der Waals surface area contributed by atoms with Gasteiger partial charge >= 0.3 is 12.1 Å². The Bertz CT molecular complexity index is 449. The highest BCUT2D eigenvalue weighted by atomic mass is 16.6. The number of amides is 2. The third kappa shape index (κ3) is 5.03. The van der Waals surface area contributed by atoms with Crippen LogP contribution in [0.15, 0.2) is 5.16 Å². The van der Waals surface area contributed by atoms with Gasteiger partial charge in [0.1, 0.15) is 13.2 Å². The van der Waals surface area contributed by atoms with Crippen LogP contribution in [-0.4, -0.2) is 43.5 Å². The van der Waals surface area contributed by atoms with Crippen molar-refractivity contribution in [2.24, 2.45) is 5.16 Å². The number of rotatable bonds is 4. The molecule has 9 nitrogen and oxygen atoms in total. The van der Waals surface area contributed by atoms with Crippen molar-refractivity contribution in [2.45, 2.75) is 19.4 Å². The minimum absolute atomic E-state index is 0.671. The van der Waals surface area contributed by atoms with Crippen LogP contribution in [0.25, 0.3) is 0 Å². The maximum atomic E-state index is 11.3. The third-order valence-electron chi connectivity index (χ3n) is 1.74. The van der Waals surface area contributed by atoms with Gasteiger partial charge in [0, 0.05) is 0 Å². The van der Waals surface area contributed by atoms with Crippen molar-refractivity contribution in [1.82, 2.24) is 5.32 Å². The van der Waals surface area contributed by atoms with E-state index in [1.165, 1.54) is 19.9 Å². The van der Waals surface area contributed by atoms with Crippen LogP contribution in [-0.2, 0) is 23.9 Å². The molecule has 0 saturated carbocycles. The number of esters is 1. The molecule has 0 aliphatic heterocycles. The van der Waals surface area contributed by atoms with Crippen LogP contribution in [0.3, 0.4) is 0 Å². The lowest BCUT2D eigenvalue weighted by atomic mass is 10.1. The van der Waals surface area contributed by atoms with Gasteiger partial charge in [-0.15, -0.1) is 0 Å². The number of alkyl carbamates (subject to hydrolysis) is 1. The number of carbonyl (C=O) groups is 3. The summed E-state index contributed by atoms with van der Waals surface area (Å²) in [6.07, 6.45) is -1.22. The Morgan fingerprint density at radius 1 is 1.26 bits per heavy atom. The number of carbonyl (C=O) groups excluding carboxylic acids is 3. The van der Waals surface area contributed by atoms with Gasteiger partial charge in [-0.2, -0.15) is 5.26 Å². The number of hydrogen-bond donors (Lipinski definition) is 1. The first-order valence-corrected chi connectivity index (χ1v) is 4.92. The zero-order valence-corrected chi connectivity index (χ0v) is 10.8. The van der Waals surface area contributed by atoms with E-state index >= 15 is 0 Å². The number of ether oxygens (including phenoxy) is 2. The molecule has 0 unspecified atom stereocenters. The highest BCUT2D eigenvalue weighted by Crippen LogP contribution is 2.11. The SMILES string of the molecule is CO/N=C(\C#N)C(=O)NC(=O)OC(C)(C)C(=O)OC. The predicted octanol–water partition coefficient (Wildman–Crippen LogP) is -0.283. The summed E-state index contributed by atoms with van der Waals surface area (Å²) in [5.74, 6) is -1.92. The molecule has 2 amide bonds. The number of nitrogens with zero attached hydrogens (tertiary/aromatic N) is 2. The van der Waals surface area contributed by atoms with Gasteiger partial charge in [0.2, 0.25) is 11.3 Å². The highest BCUT2D eigenvalue weighted by Gasteiger charge is 2.34. The molecule has 0 aromatic carbocycles. The van der Waals surface area contributed by atoms with Crippen LogP contribution < -0.4 is 5.32 Å². The molecule has 9 heteroatoms. The minimum atomic E-state index is -1.58. The fourth-order valence-electron chi connectivity index (χ4n) is 0.901. The van der Waals surface area contributed by atoms with Crippen molar-refractivity contribution in [3.05, 3.63) is 0 Å². The van der Waals surface area contributed by atoms with E-state index < -0.39 is 29.3 Å². The molecule has 0 bridgehead atoms. The molecule has 104 valence electrons. The Labute approximate surface area is 109 Å². The Morgan fingerprint density at radius 3 is 2.26 bits per heavy atom. The summed E-state index contributed by atoms with van der Waals surface area (Å²) < 4.78 is 9.09. The lowest BCUT2D eigenvalue weighted by Crippen LogP contribution is -2.44. The maximum Gasteiger partial charge on any atom is 0.415 e. The number of nitriles is 1. The van der Waals surface area contributed by atoms with Crippen LogP contribution in [0.5, 0.6) is 0 Å². The number of oxime groups is 1. The van der Waals surface area contributed by atoms with Crippen molar-refractivity contribution in [2.75, 3.05) is 14.2 Å². The molecular weight excluding hydrogens is 258 g/mol. The number of methoxy groups -OCH3 is 1. The Kier molecular flexibility index (Phi) is 5.99. The van der Waals surface area contributed by atoms with E-state index in [1.807, 2.05) is 0 Å². The van der Waals surface area contributed by atoms with Crippen LogP contribution in [0.4, 0.5) is 4.79 Å². The highest BCUT2D eigenvalue weighted by molar-refractivity contribution is 6.46. The molecule has 0 rings (SSSR count). The molecule has 19 heavy (non-hydrogen) atoms. The number of imide groups is 1. The predicted molar refractivity (Wildman–Crippen MR) is 60.8 cm³/mol. The zero-order valence-electron chi connectivity index (χ0n) is 10.8. The second-order valence-corrected chi connectivity index (χ2v) is 3.58. The second-order valence-electron chi connectivity index (χ2n) is 3.58. The molecule has 0 fully saturated rings. The second kappa shape index (κ2) is 6.95. The molecule has 0 atom stereocenters. The van der Waals surface area contributed by atoms with E-state index in [2.05, 4.69) is 19.5 Å². The molecule has 0 spiro atoms. The minimum Gasteiger partial charge on any atom is -0.466 e. The first-order chi connectivity index (χ1) is 8.78. The van der Waals surface area contributed by atoms with E-state index in [0.29, 0.717) is 0 Å². The van der Waals surface area contributed by atoms with Gasteiger partial charge in [0.15, 0.2) is 0 Å². The zero-order chi connectivity index (χ0) is 15.1. The van der Waals surface area contributed by atoms with Crippen LogP contribution in [0.1, 0.15) is 13.8 Å². The van der Waals surface area contributed by atoms with Gasteiger partial charge in [-0.3, -0.25) is 10.1 Å². The summed E-state index contributed by atoms with van der Waals surface area (Å²) in [5.41, 5.74) is -2.25. The van der Waals surface area contributed by atoms with Gasteiger partial charge in [0.25, 0.3) is 5.91 Å². The fraction of sp³-hybridized carbons (Fsp3) is 0.500. The quantitative estimate of drug-likeness (QED) is 0.423. The lowest BCUT2D eigenvalue weighted by Gasteiger charge is -2.21. The van der Waals surface area contributed by atoms with Crippen LogP contribution >= 0.6 is 0 Å². The van der Waals surface area contributed by atoms with Gasteiger partial charge < -0.3 is 14.3 Å². The normalized spacial score (nSPS) is 11.0. The third-order valence-corrected chi connectivity index (χ3v) is 1.74. The van der Waals surface area contributed by atoms with Crippen molar-refractivity contribution in [3.8, 4) is 6.07 Å². The Morgan fingerprint density at radius 2 is 1.84 bits per heavy atom.